The van der Waals surface area contributed by atoms with Crippen molar-refractivity contribution in [3.8, 4) is 0 Å². The van der Waals surface area contributed by atoms with Crippen LogP contribution in [0.25, 0.3) is 38.8 Å². The highest BCUT2D eigenvalue weighted by molar-refractivity contribution is 6.39. The molecule has 0 unspecified atom stereocenters. The van der Waals surface area contributed by atoms with Crippen LogP contribution in [0.4, 0.5) is 0 Å². The van der Waals surface area contributed by atoms with Crippen molar-refractivity contribution in [1.29, 1.82) is 0 Å². The van der Waals surface area contributed by atoms with Gasteiger partial charge in [-0.05, 0) is 29.1 Å². The van der Waals surface area contributed by atoms with E-state index < -0.39 is 6.04 Å². The summed E-state index contributed by atoms with van der Waals surface area (Å²) < 4.78 is 46.3. The number of hydrogen-bond donors (Lipinski definition) is 0. The zero-order valence-corrected chi connectivity index (χ0v) is 11.1. The van der Waals surface area contributed by atoms with Crippen molar-refractivity contribution in [1.82, 2.24) is 0 Å². The molecule has 1 heterocycles. The van der Waals surface area contributed by atoms with E-state index in [1.54, 1.807) is 18.2 Å². The van der Waals surface area contributed by atoms with Gasteiger partial charge in [-0.1, -0.05) is 54.5 Å². The van der Waals surface area contributed by atoms with Crippen LogP contribution in [0.15, 0.2) is 59.4 Å². The van der Waals surface area contributed by atoms with Gasteiger partial charge >= 0.3 is 0 Å². The summed E-state index contributed by atoms with van der Waals surface area (Å²) in [6.45, 7) is 3.72. The van der Waals surface area contributed by atoms with Crippen molar-refractivity contribution in [3.05, 3.63) is 65.6 Å². The lowest BCUT2D eigenvalue weighted by Crippen LogP contribution is -1.75. The van der Waals surface area contributed by atoms with Gasteiger partial charge in [0.15, 0.2) is 0 Å². The molecule has 0 amide bonds. The number of fused-ring (bicyclic) bond motifs is 5. The van der Waals surface area contributed by atoms with Crippen molar-refractivity contribution >= 4 is 50.4 Å². The van der Waals surface area contributed by atoms with Crippen LogP contribution >= 0.6 is 11.6 Å². The second kappa shape index (κ2) is 4.12. The first-order valence-corrected chi connectivity index (χ1v) is 6.41. The van der Waals surface area contributed by atoms with E-state index in [9.17, 15) is 0 Å². The molecule has 4 aromatic rings. The molecule has 0 atom stereocenters. The molecule has 0 aliphatic heterocycles. The highest BCUT2D eigenvalue weighted by Gasteiger charge is 2.13. The van der Waals surface area contributed by atoms with Gasteiger partial charge in [-0.25, -0.2) is 0 Å². The van der Waals surface area contributed by atoms with Crippen molar-refractivity contribution in [3.63, 3.8) is 0 Å². The Kier molecular flexibility index (Phi) is 1.55. The van der Waals surface area contributed by atoms with E-state index in [-0.39, 0.29) is 45.5 Å². The van der Waals surface area contributed by atoms with Crippen molar-refractivity contribution < 1.29 is 11.3 Å². The van der Waals surface area contributed by atoms with Crippen LogP contribution in [-0.2, 0) is 0 Å². The van der Waals surface area contributed by atoms with E-state index in [4.69, 9.17) is 22.9 Å². The number of hydrogen-bond acceptors (Lipinski definition) is 1. The Morgan fingerprint density at radius 2 is 2.05 bits per heavy atom. The van der Waals surface area contributed by atoms with Gasteiger partial charge in [-0.15, -0.1) is 0 Å². The predicted octanol–water partition coefficient (Wildman–Crippen LogP) is 6.04. The third-order valence-corrected chi connectivity index (χ3v) is 3.60. The lowest BCUT2D eigenvalue weighted by Gasteiger charge is -2.00. The number of furan rings is 1. The SMILES string of the molecule is [2H]c1c([2H])c([2H])c2c(c1[2H])c([2H])c(Cl)c1c3ccc(C=C)cc3oc21. The molecule has 0 aliphatic rings. The monoisotopic (exact) mass is 283 g/mol. The summed E-state index contributed by atoms with van der Waals surface area (Å²) in [6, 6.07) is 3.99. The fourth-order valence-corrected chi connectivity index (χ4v) is 2.67. The molecule has 2 heteroatoms. The van der Waals surface area contributed by atoms with Crippen molar-refractivity contribution in [2.45, 2.75) is 0 Å². The van der Waals surface area contributed by atoms with E-state index >= 15 is 0 Å². The van der Waals surface area contributed by atoms with Crippen molar-refractivity contribution in [2.24, 2.45) is 0 Å². The Hall–Kier alpha value is -2.25. The molecule has 1 aromatic heterocycles. The molecule has 0 N–H and O–H groups in total. The molecule has 0 spiro atoms. The first kappa shape index (κ1) is 7.51. The zero-order chi connectivity index (χ0) is 18.0. The Balaban J connectivity index is 2.37. The molecule has 0 radical (unpaired) electrons. The average molecular weight is 284 g/mol. The summed E-state index contributed by atoms with van der Waals surface area (Å²) in [5.41, 5.74) is 1.63. The van der Waals surface area contributed by atoms with E-state index in [0.29, 0.717) is 16.4 Å². The van der Waals surface area contributed by atoms with Crippen LogP contribution in [0.2, 0.25) is 5.02 Å². The van der Waals surface area contributed by atoms with Crippen molar-refractivity contribution in [2.75, 3.05) is 0 Å². The molecular weight excluding hydrogens is 268 g/mol. The summed E-state index contributed by atoms with van der Waals surface area (Å²) >= 11 is 6.40. The molecule has 4 rings (SSSR count). The smallest absolute Gasteiger partial charge is 0.144 e. The molecule has 3 aromatic carbocycles. The first-order valence-electron chi connectivity index (χ1n) is 8.53. The normalized spacial score (nSPS) is 14.9. The molecule has 0 aliphatic carbocycles. The highest BCUT2D eigenvalue weighted by Crippen LogP contribution is 2.39. The minimum absolute atomic E-state index is 0.0616. The van der Waals surface area contributed by atoms with Crippen LogP contribution in [0.1, 0.15) is 12.4 Å². The number of rotatable bonds is 1. The largest absolute Gasteiger partial charge is 0.455 e. The summed E-state index contributed by atoms with van der Waals surface area (Å²) in [7, 11) is 0. The number of halogens is 1. The molecule has 0 fully saturated rings. The van der Waals surface area contributed by atoms with E-state index in [2.05, 4.69) is 6.58 Å². The quantitative estimate of drug-likeness (QED) is 0.415. The lowest BCUT2D eigenvalue weighted by molar-refractivity contribution is 0.672. The van der Waals surface area contributed by atoms with Crippen LogP contribution in [0.5, 0.6) is 0 Å². The topological polar surface area (TPSA) is 13.1 Å². The van der Waals surface area contributed by atoms with Gasteiger partial charge in [0, 0.05) is 16.2 Å². The maximum atomic E-state index is 8.33. The van der Waals surface area contributed by atoms with Crippen LogP contribution < -0.4 is 0 Å². The molecule has 0 bridgehead atoms. The van der Waals surface area contributed by atoms with Gasteiger partial charge in [0.05, 0.1) is 11.9 Å². The molecule has 1 nitrogen and oxygen atoms in total. The van der Waals surface area contributed by atoms with Gasteiger partial charge < -0.3 is 4.42 Å². The minimum atomic E-state index is -0.397. The maximum absolute atomic E-state index is 8.33. The highest BCUT2D eigenvalue weighted by atomic mass is 35.5. The second-order valence-electron chi connectivity index (χ2n) is 4.45. The Morgan fingerprint density at radius 1 is 1.20 bits per heavy atom. The molecule has 96 valence electrons. The second-order valence-corrected chi connectivity index (χ2v) is 4.83. The van der Waals surface area contributed by atoms with Gasteiger partial charge in [0.25, 0.3) is 0 Å². The predicted molar refractivity (Wildman–Crippen MR) is 86.3 cm³/mol. The Labute approximate surface area is 128 Å². The van der Waals surface area contributed by atoms with E-state index in [1.807, 2.05) is 6.07 Å². The van der Waals surface area contributed by atoms with Gasteiger partial charge in [0.2, 0.25) is 0 Å². The molecule has 20 heavy (non-hydrogen) atoms. The minimum Gasteiger partial charge on any atom is -0.455 e. The summed E-state index contributed by atoms with van der Waals surface area (Å²) in [4.78, 5) is 0. The van der Waals surface area contributed by atoms with Gasteiger partial charge in [-0.2, -0.15) is 0 Å². The summed E-state index contributed by atoms with van der Waals surface area (Å²) in [6.07, 6.45) is 1.67. The fourth-order valence-electron chi connectivity index (χ4n) is 2.38. The standard InChI is InChI=1S/C18H11ClO/c1-2-11-7-8-14-16(9-11)20-18-13-6-4-3-5-12(13)10-15(19)17(14)18/h2-10H,1H2/i3D,4D,5D,6D,10D. The average Bonchev–Trinajstić information content (AvgIpc) is 2.99. The van der Waals surface area contributed by atoms with E-state index in [1.165, 1.54) is 0 Å². The third-order valence-electron chi connectivity index (χ3n) is 3.32. The van der Waals surface area contributed by atoms with Gasteiger partial charge in [-0.3, -0.25) is 0 Å². The maximum Gasteiger partial charge on any atom is 0.144 e. The van der Waals surface area contributed by atoms with E-state index in [0.717, 1.165) is 5.56 Å². The van der Waals surface area contributed by atoms with Crippen LogP contribution in [0.3, 0.4) is 0 Å². The molecule has 0 saturated heterocycles. The molecular formula is C18H11ClO. The zero-order valence-electron chi connectivity index (χ0n) is 15.3. The molecule has 0 saturated carbocycles. The fraction of sp³-hybridized carbons (Fsp3) is 0. The Morgan fingerprint density at radius 3 is 2.90 bits per heavy atom. The summed E-state index contributed by atoms with van der Waals surface area (Å²) in [5, 5.41) is 1.51. The Bertz CT molecular complexity index is 1230. The van der Waals surface area contributed by atoms with Crippen LogP contribution in [0, 0.1) is 0 Å². The number of benzene rings is 3. The first-order chi connectivity index (χ1) is 11.9. The lowest BCUT2D eigenvalue weighted by atomic mass is 10.1. The third kappa shape index (κ3) is 1.50. The van der Waals surface area contributed by atoms with Gasteiger partial charge in [0.1, 0.15) is 11.2 Å². The summed E-state index contributed by atoms with van der Waals surface area (Å²) in [5.74, 6) is 0. The van der Waals surface area contributed by atoms with Crippen LogP contribution in [-0.4, -0.2) is 0 Å².